The SMILES string of the molecule is CNCc1ccc(CN(CCN(C)C)CC(C)C)cc1. The molecule has 0 heterocycles. The summed E-state index contributed by atoms with van der Waals surface area (Å²) in [7, 11) is 6.26. The lowest BCUT2D eigenvalue weighted by molar-refractivity contribution is 0.212. The zero-order chi connectivity index (χ0) is 15.0. The van der Waals surface area contributed by atoms with Gasteiger partial charge < -0.3 is 10.2 Å². The molecule has 0 radical (unpaired) electrons. The van der Waals surface area contributed by atoms with Gasteiger partial charge in [-0.2, -0.15) is 0 Å². The predicted octanol–water partition coefficient (Wildman–Crippen LogP) is 2.43. The average molecular weight is 277 g/mol. The Morgan fingerprint density at radius 3 is 2.10 bits per heavy atom. The Kier molecular flexibility index (Phi) is 7.82. The molecule has 114 valence electrons. The highest BCUT2D eigenvalue weighted by Gasteiger charge is 2.08. The van der Waals surface area contributed by atoms with Crippen LogP contribution in [0.2, 0.25) is 0 Å². The van der Waals surface area contributed by atoms with Gasteiger partial charge in [0.1, 0.15) is 0 Å². The van der Waals surface area contributed by atoms with Gasteiger partial charge >= 0.3 is 0 Å². The zero-order valence-corrected chi connectivity index (χ0v) is 13.8. The molecule has 0 bridgehead atoms. The lowest BCUT2D eigenvalue weighted by Gasteiger charge is -2.26. The third kappa shape index (κ3) is 7.04. The summed E-state index contributed by atoms with van der Waals surface area (Å²) in [5.74, 6) is 0.709. The molecular weight excluding hydrogens is 246 g/mol. The predicted molar refractivity (Wildman–Crippen MR) is 87.9 cm³/mol. The molecular formula is C17H31N3. The van der Waals surface area contributed by atoms with E-state index in [2.05, 4.69) is 67.3 Å². The van der Waals surface area contributed by atoms with E-state index in [0.717, 1.165) is 32.7 Å². The summed E-state index contributed by atoms with van der Waals surface area (Å²) in [4.78, 5) is 4.81. The van der Waals surface area contributed by atoms with Crippen LogP contribution in [-0.4, -0.2) is 50.6 Å². The van der Waals surface area contributed by atoms with Gasteiger partial charge in [-0.15, -0.1) is 0 Å². The molecule has 0 unspecified atom stereocenters. The molecule has 1 rings (SSSR count). The molecule has 0 aliphatic rings. The van der Waals surface area contributed by atoms with Crippen LogP contribution in [0.4, 0.5) is 0 Å². The second kappa shape index (κ2) is 9.11. The molecule has 1 aromatic carbocycles. The van der Waals surface area contributed by atoms with Gasteiger partial charge in [0, 0.05) is 32.7 Å². The lowest BCUT2D eigenvalue weighted by Crippen LogP contribution is -2.34. The zero-order valence-electron chi connectivity index (χ0n) is 13.8. The minimum atomic E-state index is 0.709. The Hall–Kier alpha value is -0.900. The van der Waals surface area contributed by atoms with Crippen molar-refractivity contribution in [2.45, 2.75) is 26.9 Å². The van der Waals surface area contributed by atoms with E-state index < -0.39 is 0 Å². The van der Waals surface area contributed by atoms with E-state index in [-0.39, 0.29) is 0 Å². The van der Waals surface area contributed by atoms with Crippen molar-refractivity contribution in [2.24, 2.45) is 5.92 Å². The number of benzene rings is 1. The monoisotopic (exact) mass is 277 g/mol. The summed E-state index contributed by atoms with van der Waals surface area (Å²) < 4.78 is 0. The van der Waals surface area contributed by atoms with Crippen LogP contribution in [0.3, 0.4) is 0 Å². The molecule has 0 spiro atoms. The molecule has 0 atom stereocenters. The van der Waals surface area contributed by atoms with E-state index >= 15 is 0 Å². The Labute approximate surface area is 125 Å². The molecule has 3 heteroatoms. The standard InChI is InChI=1S/C17H31N3/c1-15(2)13-20(11-10-19(4)5)14-17-8-6-16(7-9-17)12-18-3/h6-9,15,18H,10-14H2,1-5H3. The normalized spacial score (nSPS) is 11.8. The van der Waals surface area contributed by atoms with Gasteiger partial charge in [0.25, 0.3) is 0 Å². The summed E-state index contributed by atoms with van der Waals surface area (Å²) in [6.45, 7) is 9.97. The van der Waals surface area contributed by atoms with E-state index in [1.807, 2.05) is 7.05 Å². The first-order valence-corrected chi connectivity index (χ1v) is 7.60. The molecule has 0 saturated carbocycles. The van der Waals surface area contributed by atoms with Gasteiger partial charge in [0.15, 0.2) is 0 Å². The van der Waals surface area contributed by atoms with Crippen molar-refractivity contribution in [3.8, 4) is 0 Å². The topological polar surface area (TPSA) is 18.5 Å². The number of hydrogen-bond acceptors (Lipinski definition) is 3. The van der Waals surface area contributed by atoms with Crippen molar-refractivity contribution in [1.82, 2.24) is 15.1 Å². The minimum absolute atomic E-state index is 0.709. The van der Waals surface area contributed by atoms with Crippen molar-refractivity contribution in [3.63, 3.8) is 0 Å². The van der Waals surface area contributed by atoms with Crippen molar-refractivity contribution in [1.29, 1.82) is 0 Å². The maximum atomic E-state index is 3.19. The fourth-order valence-electron chi connectivity index (χ4n) is 2.32. The van der Waals surface area contributed by atoms with Crippen molar-refractivity contribution >= 4 is 0 Å². The summed E-state index contributed by atoms with van der Waals surface area (Å²) >= 11 is 0. The highest BCUT2D eigenvalue weighted by atomic mass is 15.2. The Morgan fingerprint density at radius 1 is 1.00 bits per heavy atom. The van der Waals surface area contributed by atoms with Crippen LogP contribution < -0.4 is 5.32 Å². The van der Waals surface area contributed by atoms with Crippen LogP contribution in [0.15, 0.2) is 24.3 Å². The molecule has 20 heavy (non-hydrogen) atoms. The van der Waals surface area contributed by atoms with E-state index in [0.29, 0.717) is 5.92 Å². The fraction of sp³-hybridized carbons (Fsp3) is 0.647. The second-order valence-electron chi connectivity index (χ2n) is 6.28. The maximum absolute atomic E-state index is 3.19. The number of nitrogens with zero attached hydrogens (tertiary/aromatic N) is 2. The van der Waals surface area contributed by atoms with Crippen LogP contribution in [0.25, 0.3) is 0 Å². The number of likely N-dealkylation sites (N-methyl/N-ethyl adjacent to an activating group) is 1. The van der Waals surface area contributed by atoms with Crippen LogP contribution >= 0.6 is 0 Å². The van der Waals surface area contributed by atoms with E-state index in [4.69, 9.17) is 0 Å². The van der Waals surface area contributed by atoms with Gasteiger partial charge in [-0.3, -0.25) is 4.90 Å². The van der Waals surface area contributed by atoms with Gasteiger partial charge in [-0.25, -0.2) is 0 Å². The third-order valence-corrected chi connectivity index (χ3v) is 3.30. The first kappa shape index (κ1) is 17.2. The first-order valence-electron chi connectivity index (χ1n) is 7.60. The average Bonchev–Trinajstić information content (AvgIpc) is 2.38. The highest BCUT2D eigenvalue weighted by molar-refractivity contribution is 5.22. The van der Waals surface area contributed by atoms with Crippen LogP contribution in [0.5, 0.6) is 0 Å². The van der Waals surface area contributed by atoms with Crippen LogP contribution in [-0.2, 0) is 13.1 Å². The van der Waals surface area contributed by atoms with Crippen LogP contribution in [0, 0.1) is 5.92 Å². The maximum Gasteiger partial charge on any atom is 0.0234 e. The smallest absolute Gasteiger partial charge is 0.0234 e. The summed E-state index contributed by atoms with van der Waals surface area (Å²) in [6, 6.07) is 8.97. The molecule has 0 fully saturated rings. The van der Waals surface area contributed by atoms with E-state index in [1.54, 1.807) is 0 Å². The van der Waals surface area contributed by atoms with E-state index in [1.165, 1.54) is 11.1 Å². The molecule has 1 N–H and O–H groups in total. The van der Waals surface area contributed by atoms with Crippen LogP contribution in [0.1, 0.15) is 25.0 Å². The molecule has 0 aromatic heterocycles. The Bertz CT molecular complexity index is 357. The highest BCUT2D eigenvalue weighted by Crippen LogP contribution is 2.09. The number of rotatable bonds is 9. The molecule has 0 amide bonds. The molecule has 0 aliphatic heterocycles. The quantitative estimate of drug-likeness (QED) is 0.748. The molecule has 0 saturated heterocycles. The Balaban J connectivity index is 2.58. The number of nitrogens with one attached hydrogen (secondary N) is 1. The largest absolute Gasteiger partial charge is 0.316 e. The van der Waals surface area contributed by atoms with Crippen molar-refractivity contribution in [3.05, 3.63) is 35.4 Å². The molecule has 1 aromatic rings. The summed E-state index contributed by atoms with van der Waals surface area (Å²) in [5.41, 5.74) is 2.75. The number of hydrogen-bond donors (Lipinski definition) is 1. The Morgan fingerprint density at radius 2 is 1.60 bits per heavy atom. The second-order valence-corrected chi connectivity index (χ2v) is 6.28. The summed E-state index contributed by atoms with van der Waals surface area (Å²) in [5, 5.41) is 3.19. The van der Waals surface area contributed by atoms with Gasteiger partial charge in [0.05, 0.1) is 0 Å². The summed E-state index contributed by atoms with van der Waals surface area (Å²) in [6.07, 6.45) is 0. The molecule has 3 nitrogen and oxygen atoms in total. The van der Waals surface area contributed by atoms with E-state index in [9.17, 15) is 0 Å². The van der Waals surface area contributed by atoms with Crippen molar-refractivity contribution in [2.75, 3.05) is 40.8 Å². The minimum Gasteiger partial charge on any atom is -0.316 e. The third-order valence-electron chi connectivity index (χ3n) is 3.30. The molecule has 0 aliphatic carbocycles. The van der Waals surface area contributed by atoms with Gasteiger partial charge in [0.2, 0.25) is 0 Å². The van der Waals surface area contributed by atoms with Crippen molar-refractivity contribution < 1.29 is 0 Å². The van der Waals surface area contributed by atoms with Gasteiger partial charge in [-0.1, -0.05) is 38.1 Å². The first-order chi connectivity index (χ1) is 9.51. The fourth-order valence-corrected chi connectivity index (χ4v) is 2.32. The lowest BCUT2D eigenvalue weighted by atomic mass is 10.1. The van der Waals surface area contributed by atoms with Gasteiger partial charge in [-0.05, 0) is 38.2 Å².